The number of carbonyl (C=O) groups is 1. The molecule has 180 valence electrons. The van der Waals surface area contributed by atoms with Gasteiger partial charge in [-0.2, -0.15) is 5.10 Å². The maximum Gasteiger partial charge on any atom is 0.222 e. The number of fused-ring (bicyclic) bond motifs is 1. The lowest BCUT2D eigenvalue weighted by atomic mass is 9.99. The monoisotopic (exact) mass is 467 g/mol. The molecular formula is C29H33N5O. The first-order valence-electron chi connectivity index (χ1n) is 12.4. The van der Waals surface area contributed by atoms with Crippen LogP contribution in [0.2, 0.25) is 0 Å². The van der Waals surface area contributed by atoms with Gasteiger partial charge in [0.25, 0.3) is 0 Å². The fourth-order valence-electron chi connectivity index (χ4n) is 5.18. The number of anilines is 1. The molecule has 1 saturated heterocycles. The highest BCUT2D eigenvalue weighted by Crippen LogP contribution is 2.35. The third kappa shape index (κ3) is 4.41. The highest BCUT2D eigenvalue weighted by molar-refractivity contribution is 6.03. The first-order chi connectivity index (χ1) is 16.8. The normalized spacial score (nSPS) is 18.1. The molecule has 0 saturated carbocycles. The van der Waals surface area contributed by atoms with Crippen LogP contribution in [0.4, 0.5) is 5.69 Å². The van der Waals surface area contributed by atoms with Crippen molar-refractivity contribution in [3.8, 4) is 11.1 Å². The van der Waals surface area contributed by atoms with Gasteiger partial charge in [-0.15, -0.1) is 0 Å². The number of benzene rings is 2. The molecule has 0 bridgehead atoms. The second-order valence-electron chi connectivity index (χ2n) is 9.77. The minimum atomic E-state index is 0.240. The van der Waals surface area contributed by atoms with Crippen LogP contribution in [0.15, 0.2) is 66.2 Å². The van der Waals surface area contributed by atoms with Crippen molar-refractivity contribution < 1.29 is 4.79 Å². The summed E-state index contributed by atoms with van der Waals surface area (Å²) >= 11 is 0. The van der Waals surface area contributed by atoms with Gasteiger partial charge in [0.15, 0.2) is 0 Å². The van der Waals surface area contributed by atoms with Crippen molar-refractivity contribution in [2.24, 2.45) is 11.0 Å². The Bertz CT molecular complexity index is 1340. The van der Waals surface area contributed by atoms with E-state index in [-0.39, 0.29) is 5.91 Å². The predicted octanol–water partition coefficient (Wildman–Crippen LogP) is 5.70. The average Bonchev–Trinajstić information content (AvgIpc) is 3.42. The second-order valence-corrected chi connectivity index (χ2v) is 9.77. The number of carbonyl (C=O) groups excluding carboxylic acids is 1. The Labute approximate surface area is 207 Å². The van der Waals surface area contributed by atoms with Crippen LogP contribution in [0.1, 0.15) is 37.3 Å². The summed E-state index contributed by atoms with van der Waals surface area (Å²) < 4.78 is 0. The van der Waals surface area contributed by atoms with E-state index in [4.69, 9.17) is 5.10 Å². The molecule has 2 aliphatic rings. The first-order valence-corrected chi connectivity index (χ1v) is 12.4. The highest BCUT2D eigenvalue weighted by Gasteiger charge is 2.33. The molecule has 1 aromatic heterocycles. The minimum absolute atomic E-state index is 0.240. The summed E-state index contributed by atoms with van der Waals surface area (Å²) in [6.45, 7) is 12.1. The largest absolute Gasteiger partial charge is 0.342 e. The number of rotatable bonds is 5. The third-order valence-electron chi connectivity index (χ3n) is 7.16. The molecule has 0 radical (unpaired) electrons. The molecule has 0 spiro atoms. The molecule has 1 amide bonds. The molecule has 2 aromatic carbocycles. The predicted molar refractivity (Wildman–Crippen MR) is 143 cm³/mol. The lowest BCUT2D eigenvalue weighted by Crippen LogP contribution is -2.31. The molecule has 35 heavy (non-hydrogen) atoms. The van der Waals surface area contributed by atoms with E-state index in [0.717, 1.165) is 70.9 Å². The van der Waals surface area contributed by atoms with E-state index in [0.29, 0.717) is 12.3 Å². The van der Waals surface area contributed by atoms with E-state index in [2.05, 4.69) is 72.8 Å². The molecule has 6 nitrogen and oxygen atoms in total. The molecule has 0 N–H and O–H groups in total. The van der Waals surface area contributed by atoms with Crippen LogP contribution in [0.25, 0.3) is 22.0 Å². The van der Waals surface area contributed by atoms with E-state index >= 15 is 0 Å². The van der Waals surface area contributed by atoms with Crippen LogP contribution in [0.5, 0.6) is 0 Å². The topological polar surface area (TPSA) is 52.0 Å². The van der Waals surface area contributed by atoms with Gasteiger partial charge in [-0.1, -0.05) is 31.7 Å². The standard InChI is InChI=1S/C29H33N5O/c1-6-29(35)33-12-11-22(18-33)15-28-31-32(5)21(4)34(28)27-10-9-23(14-20(27)3)24-7-8-25-13-19(2)17-30-26(25)16-24/h7-10,13-14,16-17,22H,4,6,11-12,15,18H2,1-3,5H3/t22-/m0/s1. The summed E-state index contributed by atoms with van der Waals surface area (Å²) in [7, 11) is 1.94. The number of aromatic nitrogens is 1. The van der Waals surface area contributed by atoms with Crippen molar-refractivity contribution in [3.05, 3.63) is 72.2 Å². The van der Waals surface area contributed by atoms with E-state index in [1.807, 2.05) is 30.1 Å². The highest BCUT2D eigenvalue weighted by atomic mass is 16.2. The van der Waals surface area contributed by atoms with Gasteiger partial charge < -0.3 is 4.90 Å². The summed E-state index contributed by atoms with van der Waals surface area (Å²) in [5, 5.41) is 7.82. The molecular weight excluding hydrogens is 434 g/mol. The lowest BCUT2D eigenvalue weighted by molar-refractivity contribution is -0.129. The smallest absolute Gasteiger partial charge is 0.222 e. The van der Waals surface area contributed by atoms with Gasteiger partial charge in [0.1, 0.15) is 11.7 Å². The molecule has 6 heteroatoms. The quantitative estimate of drug-likeness (QED) is 0.483. The number of aryl methyl sites for hydroxylation is 2. The molecule has 0 unspecified atom stereocenters. The molecule has 3 heterocycles. The Morgan fingerprint density at radius 2 is 1.89 bits per heavy atom. The fourth-order valence-corrected chi connectivity index (χ4v) is 5.18. The van der Waals surface area contributed by atoms with E-state index in [9.17, 15) is 4.79 Å². The lowest BCUT2D eigenvalue weighted by Gasteiger charge is -2.25. The van der Waals surface area contributed by atoms with Crippen LogP contribution < -0.4 is 4.90 Å². The maximum atomic E-state index is 12.1. The van der Waals surface area contributed by atoms with Gasteiger partial charge in [-0.25, -0.2) is 0 Å². The first kappa shape index (κ1) is 23.1. The van der Waals surface area contributed by atoms with Crippen LogP contribution in [-0.2, 0) is 4.79 Å². The maximum absolute atomic E-state index is 12.1. The average molecular weight is 468 g/mol. The number of pyridine rings is 1. The zero-order valence-corrected chi connectivity index (χ0v) is 21.1. The summed E-state index contributed by atoms with van der Waals surface area (Å²) in [4.78, 5) is 20.9. The summed E-state index contributed by atoms with van der Waals surface area (Å²) in [6.07, 6.45) is 4.33. The number of hydrogen-bond acceptors (Lipinski definition) is 5. The van der Waals surface area contributed by atoms with Crippen LogP contribution in [-0.4, -0.2) is 46.8 Å². The van der Waals surface area contributed by atoms with Gasteiger partial charge in [0, 0.05) is 44.6 Å². The van der Waals surface area contributed by atoms with E-state index < -0.39 is 0 Å². The number of hydrogen-bond donors (Lipinski definition) is 0. The Hall–Kier alpha value is -3.67. The van der Waals surface area contributed by atoms with Crippen LogP contribution >= 0.6 is 0 Å². The van der Waals surface area contributed by atoms with Crippen molar-refractivity contribution in [2.75, 3.05) is 25.0 Å². The van der Waals surface area contributed by atoms with Gasteiger partial charge in [0.05, 0.1) is 11.2 Å². The number of nitrogens with zero attached hydrogens (tertiary/aromatic N) is 5. The third-order valence-corrected chi connectivity index (χ3v) is 7.16. The molecule has 1 atom stereocenters. The number of amidine groups is 1. The number of likely N-dealkylation sites (tertiary alicyclic amines) is 1. The van der Waals surface area contributed by atoms with Crippen molar-refractivity contribution >= 4 is 28.3 Å². The Balaban J connectivity index is 1.39. The van der Waals surface area contributed by atoms with Crippen molar-refractivity contribution in [1.82, 2.24) is 14.9 Å². The van der Waals surface area contributed by atoms with Gasteiger partial charge in [-0.05, 0) is 72.7 Å². The van der Waals surface area contributed by atoms with Crippen LogP contribution in [0.3, 0.4) is 0 Å². The Kier molecular flexibility index (Phi) is 6.05. The summed E-state index contributed by atoms with van der Waals surface area (Å²) in [5.41, 5.74) is 6.75. The van der Waals surface area contributed by atoms with E-state index in [1.54, 1.807) is 0 Å². The zero-order valence-electron chi connectivity index (χ0n) is 21.1. The second kappa shape index (κ2) is 9.17. The van der Waals surface area contributed by atoms with Crippen molar-refractivity contribution in [1.29, 1.82) is 0 Å². The van der Waals surface area contributed by atoms with E-state index in [1.165, 1.54) is 5.56 Å². The number of amides is 1. The fraction of sp³-hybridized carbons (Fsp3) is 0.345. The van der Waals surface area contributed by atoms with Crippen LogP contribution in [0, 0.1) is 19.8 Å². The van der Waals surface area contributed by atoms with Gasteiger partial charge >= 0.3 is 0 Å². The van der Waals surface area contributed by atoms with Gasteiger partial charge in [-0.3, -0.25) is 19.7 Å². The molecule has 1 fully saturated rings. The van der Waals surface area contributed by atoms with Crippen molar-refractivity contribution in [2.45, 2.75) is 40.0 Å². The molecule has 2 aliphatic heterocycles. The zero-order chi connectivity index (χ0) is 24.7. The van der Waals surface area contributed by atoms with Gasteiger partial charge in [0.2, 0.25) is 5.91 Å². The Morgan fingerprint density at radius 1 is 1.11 bits per heavy atom. The summed E-state index contributed by atoms with van der Waals surface area (Å²) in [5.74, 6) is 2.50. The Morgan fingerprint density at radius 3 is 2.66 bits per heavy atom. The molecule has 0 aliphatic carbocycles. The number of hydrazone groups is 1. The summed E-state index contributed by atoms with van der Waals surface area (Å²) in [6, 6.07) is 15.2. The minimum Gasteiger partial charge on any atom is -0.342 e. The molecule has 5 rings (SSSR count). The SMILES string of the molecule is C=C1N(C)N=C(C[C@@H]2CCN(C(=O)CC)C2)N1c1ccc(-c2ccc3cc(C)cnc3c2)cc1C. The van der Waals surface area contributed by atoms with Crippen molar-refractivity contribution in [3.63, 3.8) is 0 Å². The molecule has 3 aromatic rings.